The zero-order valence-electron chi connectivity index (χ0n) is 17.4. The lowest BCUT2D eigenvalue weighted by Gasteiger charge is -2.32. The monoisotopic (exact) mass is 403 g/mol. The van der Waals surface area contributed by atoms with Gasteiger partial charge in [-0.3, -0.25) is 4.79 Å². The van der Waals surface area contributed by atoms with Crippen molar-refractivity contribution in [2.45, 2.75) is 44.9 Å². The summed E-state index contributed by atoms with van der Waals surface area (Å²) >= 11 is 0. The molecule has 4 rings (SSSR count). The topological polar surface area (TPSA) is 59.2 Å². The average Bonchev–Trinajstić information content (AvgIpc) is 3.28. The van der Waals surface area contributed by atoms with Crippen LogP contribution in [0.25, 0.3) is 11.5 Å². The fourth-order valence-electron chi connectivity index (χ4n) is 4.09. The molecule has 2 aromatic carbocycles. The van der Waals surface area contributed by atoms with Crippen molar-refractivity contribution in [3.05, 3.63) is 72.1 Å². The summed E-state index contributed by atoms with van der Waals surface area (Å²) in [5.74, 6) is 2.11. The number of hydrogen-bond acceptors (Lipinski definition) is 4. The fourth-order valence-corrected chi connectivity index (χ4v) is 4.09. The molecule has 3 aromatic rings. The van der Waals surface area contributed by atoms with Gasteiger partial charge in [-0.25, -0.2) is 0 Å². The van der Waals surface area contributed by atoms with Gasteiger partial charge in [0.2, 0.25) is 17.7 Å². The zero-order chi connectivity index (χ0) is 20.6. The predicted molar refractivity (Wildman–Crippen MR) is 117 cm³/mol. The Labute approximate surface area is 178 Å². The van der Waals surface area contributed by atoms with E-state index in [-0.39, 0.29) is 5.91 Å². The minimum absolute atomic E-state index is 0.249. The van der Waals surface area contributed by atoms with Gasteiger partial charge in [-0.1, -0.05) is 48.5 Å². The Morgan fingerprint density at radius 1 is 0.933 bits per heavy atom. The number of carbonyl (C=O) groups excluding carboxylic acids is 1. The standard InChI is InChI=1S/C25H29N3O2/c29-24(13-7-12-23-26-27-25(30-23)22-10-5-2-6-11-22)28-18-16-21(17-19-28)15-14-20-8-3-1-4-9-20/h1-6,8-11,21H,7,12-19H2. The summed E-state index contributed by atoms with van der Waals surface area (Å²) in [7, 11) is 0. The molecule has 1 amide bonds. The number of rotatable bonds is 8. The first-order valence-electron chi connectivity index (χ1n) is 11.0. The maximum absolute atomic E-state index is 12.6. The highest BCUT2D eigenvalue weighted by atomic mass is 16.4. The molecular weight excluding hydrogens is 374 g/mol. The number of likely N-dealkylation sites (tertiary alicyclic amines) is 1. The molecule has 5 nitrogen and oxygen atoms in total. The molecule has 0 bridgehead atoms. The second-order valence-electron chi connectivity index (χ2n) is 8.07. The minimum atomic E-state index is 0.249. The van der Waals surface area contributed by atoms with Crippen LogP contribution in [-0.2, 0) is 17.6 Å². The van der Waals surface area contributed by atoms with Crippen molar-refractivity contribution in [1.29, 1.82) is 0 Å². The highest BCUT2D eigenvalue weighted by Crippen LogP contribution is 2.23. The molecule has 30 heavy (non-hydrogen) atoms. The molecule has 2 heterocycles. The summed E-state index contributed by atoms with van der Waals surface area (Å²) in [6.07, 6.45) is 6.49. The first kappa shape index (κ1) is 20.3. The number of piperidine rings is 1. The summed E-state index contributed by atoms with van der Waals surface area (Å²) < 4.78 is 5.73. The Bertz CT molecular complexity index is 916. The van der Waals surface area contributed by atoms with E-state index in [4.69, 9.17) is 4.42 Å². The highest BCUT2D eigenvalue weighted by Gasteiger charge is 2.22. The number of aryl methyl sites for hydroxylation is 2. The molecule has 1 aromatic heterocycles. The maximum atomic E-state index is 12.6. The van der Waals surface area contributed by atoms with Gasteiger partial charge in [0.05, 0.1) is 0 Å². The quantitative estimate of drug-likeness (QED) is 0.535. The minimum Gasteiger partial charge on any atom is -0.421 e. The van der Waals surface area contributed by atoms with Gasteiger partial charge in [-0.05, 0) is 55.7 Å². The van der Waals surface area contributed by atoms with Crippen LogP contribution in [-0.4, -0.2) is 34.1 Å². The second kappa shape index (κ2) is 10.2. The van der Waals surface area contributed by atoms with Crippen LogP contribution in [0.1, 0.15) is 43.6 Å². The number of nitrogens with zero attached hydrogens (tertiary/aromatic N) is 3. The molecule has 1 fully saturated rings. The molecule has 0 N–H and O–H groups in total. The SMILES string of the molecule is O=C(CCCc1nnc(-c2ccccc2)o1)N1CCC(CCc2ccccc2)CC1. The van der Waals surface area contributed by atoms with Crippen LogP contribution in [0.2, 0.25) is 0 Å². The molecule has 1 saturated heterocycles. The lowest BCUT2D eigenvalue weighted by atomic mass is 9.90. The Balaban J connectivity index is 1.15. The lowest BCUT2D eigenvalue weighted by Crippen LogP contribution is -2.38. The predicted octanol–water partition coefficient (Wildman–Crippen LogP) is 4.93. The van der Waals surface area contributed by atoms with Crippen LogP contribution in [0, 0.1) is 5.92 Å². The van der Waals surface area contributed by atoms with E-state index in [1.54, 1.807) is 0 Å². The van der Waals surface area contributed by atoms with Crippen molar-refractivity contribution >= 4 is 5.91 Å². The smallest absolute Gasteiger partial charge is 0.247 e. The number of amides is 1. The number of hydrogen-bond donors (Lipinski definition) is 0. The molecule has 5 heteroatoms. The normalized spacial score (nSPS) is 14.7. The van der Waals surface area contributed by atoms with Crippen LogP contribution in [0.5, 0.6) is 0 Å². The van der Waals surface area contributed by atoms with Gasteiger partial charge in [0.1, 0.15) is 0 Å². The van der Waals surface area contributed by atoms with Crippen LogP contribution in [0.4, 0.5) is 0 Å². The van der Waals surface area contributed by atoms with E-state index in [0.717, 1.165) is 50.3 Å². The van der Waals surface area contributed by atoms with Gasteiger partial charge in [0.15, 0.2) is 0 Å². The summed E-state index contributed by atoms with van der Waals surface area (Å²) in [5.41, 5.74) is 2.33. The van der Waals surface area contributed by atoms with Crippen LogP contribution in [0.15, 0.2) is 65.1 Å². The van der Waals surface area contributed by atoms with E-state index in [1.165, 1.54) is 12.0 Å². The van der Waals surface area contributed by atoms with Crippen molar-refractivity contribution in [1.82, 2.24) is 15.1 Å². The van der Waals surface area contributed by atoms with Crippen molar-refractivity contribution in [2.24, 2.45) is 5.92 Å². The molecule has 1 aliphatic rings. The first-order valence-corrected chi connectivity index (χ1v) is 11.0. The Morgan fingerprint density at radius 2 is 1.63 bits per heavy atom. The third-order valence-electron chi connectivity index (χ3n) is 5.92. The van der Waals surface area contributed by atoms with E-state index >= 15 is 0 Å². The lowest BCUT2D eigenvalue weighted by molar-refractivity contribution is -0.132. The summed E-state index contributed by atoms with van der Waals surface area (Å²) in [6.45, 7) is 1.77. The van der Waals surface area contributed by atoms with Crippen molar-refractivity contribution in [3.63, 3.8) is 0 Å². The molecule has 0 aliphatic carbocycles. The largest absolute Gasteiger partial charge is 0.421 e. The molecular formula is C25H29N3O2. The van der Waals surface area contributed by atoms with Gasteiger partial charge < -0.3 is 9.32 Å². The van der Waals surface area contributed by atoms with Crippen molar-refractivity contribution in [2.75, 3.05) is 13.1 Å². The van der Waals surface area contributed by atoms with E-state index in [0.29, 0.717) is 24.6 Å². The molecule has 0 radical (unpaired) electrons. The zero-order valence-corrected chi connectivity index (χ0v) is 17.4. The Morgan fingerprint density at radius 3 is 2.37 bits per heavy atom. The van der Waals surface area contributed by atoms with Crippen molar-refractivity contribution in [3.8, 4) is 11.5 Å². The van der Waals surface area contributed by atoms with Gasteiger partial charge in [-0.15, -0.1) is 10.2 Å². The molecule has 0 atom stereocenters. The van der Waals surface area contributed by atoms with Crippen molar-refractivity contribution < 1.29 is 9.21 Å². The first-order chi connectivity index (χ1) is 14.8. The van der Waals surface area contributed by atoms with Gasteiger partial charge in [-0.2, -0.15) is 0 Å². The molecule has 1 aliphatic heterocycles. The number of benzene rings is 2. The number of carbonyl (C=O) groups is 1. The van der Waals surface area contributed by atoms with Crippen LogP contribution >= 0.6 is 0 Å². The van der Waals surface area contributed by atoms with E-state index in [2.05, 4.69) is 40.5 Å². The van der Waals surface area contributed by atoms with Crippen LogP contribution in [0.3, 0.4) is 0 Å². The number of aromatic nitrogens is 2. The summed E-state index contributed by atoms with van der Waals surface area (Å²) in [6, 6.07) is 20.4. The maximum Gasteiger partial charge on any atom is 0.247 e. The molecule has 0 saturated carbocycles. The third-order valence-corrected chi connectivity index (χ3v) is 5.92. The average molecular weight is 404 g/mol. The van der Waals surface area contributed by atoms with Gasteiger partial charge >= 0.3 is 0 Å². The summed E-state index contributed by atoms with van der Waals surface area (Å²) in [4.78, 5) is 14.6. The van der Waals surface area contributed by atoms with Gasteiger partial charge in [0.25, 0.3) is 0 Å². The molecule has 0 spiro atoms. The fraction of sp³-hybridized carbons (Fsp3) is 0.400. The summed E-state index contributed by atoms with van der Waals surface area (Å²) in [5, 5.41) is 8.23. The molecule has 156 valence electrons. The van der Waals surface area contributed by atoms with E-state index in [9.17, 15) is 4.79 Å². The highest BCUT2D eigenvalue weighted by molar-refractivity contribution is 5.76. The van der Waals surface area contributed by atoms with Gasteiger partial charge in [0, 0.05) is 31.5 Å². The molecule has 0 unspecified atom stereocenters. The third kappa shape index (κ3) is 5.56. The Hall–Kier alpha value is -2.95. The van der Waals surface area contributed by atoms with E-state index in [1.807, 2.05) is 35.2 Å². The van der Waals surface area contributed by atoms with Crippen LogP contribution < -0.4 is 0 Å². The van der Waals surface area contributed by atoms with E-state index < -0.39 is 0 Å². The second-order valence-corrected chi connectivity index (χ2v) is 8.07. The Kier molecular flexibility index (Phi) is 6.91.